The van der Waals surface area contributed by atoms with Gasteiger partial charge in [0.2, 0.25) is 0 Å². The molecule has 0 N–H and O–H groups in total. The predicted molar refractivity (Wildman–Crippen MR) is 360 cm³/mol. The fourth-order valence-electron chi connectivity index (χ4n) is 9.77. The highest BCUT2D eigenvalue weighted by Gasteiger charge is 2.21. The highest BCUT2D eigenvalue weighted by Crippen LogP contribution is 2.38. The summed E-state index contributed by atoms with van der Waals surface area (Å²) in [5, 5.41) is 0. The Morgan fingerprint density at radius 1 is 0.381 bits per heavy atom. The Morgan fingerprint density at radius 3 is 1.06 bits per heavy atom. The van der Waals surface area contributed by atoms with Crippen LogP contribution in [0.4, 0.5) is 0 Å². The van der Waals surface area contributed by atoms with Crippen LogP contribution in [0.15, 0.2) is 97.2 Å². The van der Waals surface area contributed by atoms with Crippen LogP contribution >= 0.6 is 7.82 Å². The summed E-state index contributed by atoms with van der Waals surface area (Å²) in [6.07, 6.45) is 89.7. The molecule has 0 aromatic rings. The molecule has 0 amide bonds. The van der Waals surface area contributed by atoms with E-state index in [1.165, 1.54) is 212 Å². The van der Waals surface area contributed by atoms with Crippen molar-refractivity contribution < 1.29 is 42.1 Å². The number of carbonyl (C=O) groups excluding carboxylic acids is 2. The molecule has 0 aliphatic heterocycles. The van der Waals surface area contributed by atoms with Gasteiger partial charge in [0.25, 0.3) is 7.82 Å². The highest BCUT2D eigenvalue weighted by atomic mass is 31.2. The molecule has 10 heteroatoms. The Morgan fingerprint density at radius 2 is 0.702 bits per heavy atom. The molecule has 0 aliphatic rings. The standard InChI is InChI=1S/C74H132NO8P/c1-6-8-10-12-14-16-18-20-22-24-26-27-28-29-30-31-32-33-34-35-36-37-38-39-40-41-42-43-44-45-46-47-49-50-52-54-56-58-60-62-64-66-73(76)80-70-72(71-82-84(78,79)81-69-68-75(3,4)5)83-74(77)67-65-63-61-59-57-55-53-51-48-25-23-21-19-17-15-13-11-9-7-2/h9,11,15,17-18,20-21,23-24,26,48,51,55,57,61,63,72H,6-8,10,12-14,16,19,22,25,27-47,49-50,52-54,56,58-60,62,64-71H2,1-5H3/b11-9-,17-15-,20-18-,23-21-,26-24-,51-48-,57-55-,63-61-. The summed E-state index contributed by atoms with van der Waals surface area (Å²) in [5.74, 6) is -0.926. The third-order valence-corrected chi connectivity index (χ3v) is 16.1. The number of quaternary nitrogens is 1. The molecule has 0 heterocycles. The third-order valence-electron chi connectivity index (χ3n) is 15.1. The van der Waals surface area contributed by atoms with Crippen LogP contribution < -0.4 is 4.89 Å². The zero-order valence-corrected chi connectivity index (χ0v) is 56.2. The van der Waals surface area contributed by atoms with Crippen molar-refractivity contribution in [2.75, 3.05) is 47.5 Å². The molecular weight excluding hydrogens is 1060 g/mol. The second kappa shape index (κ2) is 64.4. The molecule has 486 valence electrons. The number of hydrogen-bond donors (Lipinski definition) is 0. The number of phosphoric ester groups is 1. The van der Waals surface area contributed by atoms with E-state index in [4.69, 9.17) is 18.5 Å². The lowest BCUT2D eigenvalue weighted by Crippen LogP contribution is -2.37. The number of hydrogen-bond acceptors (Lipinski definition) is 8. The van der Waals surface area contributed by atoms with E-state index >= 15 is 0 Å². The van der Waals surface area contributed by atoms with Gasteiger partial charge in [0.05, 0.1) is 27.7 Å². The van der Waals surface area contributed by atoms with E-state index in [2.05, 4.69) is 98.9 Å². The Hall–Kier alpha value is -3.07. The van der Waals surface area contributed by atoms with Crippen LogP contribution in [0.1, 0.15) is 309 Å². The van der Waals surface area contributed by atoms with Crippen molar-refractivity contribution in [2.45, 2.75) is 315 Å². The molecule has 2 unspecified atom stereocenters. The number of carbonyl (C=O) groups is 2. The number of esters is 2. The average molecular weight is 1190 g/mol. The molecule has 0 aliphatic carbocycles. The van der Waals surface area contributed by atoms with E-state index in [1.54, 1.807) is 0 Å². The van der Waals surface area contributed by atoms with Crippen molar-refractivity contribution in [2.24, 2.45) is 0 Å². The van der Waals surface area contributed by atoms with Gasteiger partial charge in [-0.05, 0) is 83.5 Å². The molecule has 0 radical (unpaired) electrons. The summed E-state index contributed by atoms with van der Waals surface area (Å²) in [7, 11) is 1.12. The molecular formula is C74H132NO8P. The lowest BCUT2D eigenvalue weighted by atomic mass is 10.0. The van der Waals surface area contributed by atoms with Crippen LogP contribution in [0.2, 0.25) is 0 Å². The van der Waals surface area contributed by atoms with E-state index < -0.39 is 32.5 Å². The minimum atomic E-state index is -4.66. The molecule has 84 heavy (non-hydrogen) atoms. The first-order chi connectivity index (χ1) is 41.0. The zero-order chi connectivity index (χ0) is 61.2. The maximum atomic E-state index is 12.8. The van der Waals surface area contributed by atoms with Gasteiger partial charge in [-0.15, -0.1) is 0 Å². The summed E-state index contributed by atoms with van der Waals surface area (Å²) >= 11 is 0. The summed E-state index contributed by atoms with van der Waals surface area (Å²) in [5.41, 5.74) is 0. The largest absolute Gasteiger partial charge is 0.756 e. The minimum Gasteiger partial charge on any atom is -0.756 e. The first-order valence-electron chi connectivity index (χ1n) is 34.9. The molecule has 2 atom stereocenters. The summed E-state index contributed by atoms with van der Waals surface area (Å²) in [4.78, 5) is 37.9. The van der Waals surface area contributed by atoms with Crippen LogP contribution in [0.3, 0.4) is 0 Å². The average Bonchev–Trinajstić information content (AvgIpc) is 3.61. The van der Waals surface area contributed by atoms with Gasteiger partial charge in [-0.2, -0.15) is 0 Å². The molecule has 0 rings (SSSR count). The van der Waals surface area contributed by atoms with E-state index in [0.29, 0.717) is 17.4 Å². The molecule has 0 saturated carbocycles. The maximum Gasteiger partial charge on any atom is 0.306 e. The molecule has 0 spiro atoms. The Bertz CT molecular complexity index is 1740. The minimum absolute atomic E-state index is 0.0472. The molecule has 0 fully saturated rings. The van der Waals surface area contributed by atoms with Crippen molar-refractivity contribution in [3.05, 3.63) is 97.2 Å². The number of rotatable bonds is 64. The van der Waals surface area contributed by atoms with Gasteiger partial charge in [0, 0.05) is 12.8 Å². The second-order valence-corrected chi connectivity index (χ2v) is 25.9. The zero-order valence-electron chi connectivity index (χ0n) is 55.3. The summed E-state index contributed by atoms with van der Waals surface area (Å²) in [6.45, 7) is 4.05. The SMILES string of the molecule is CC/C=C\C/C=C\C/C=C\C/C=C\C/C=C\C/C=C\CCC(=O)OC(COC(=O)CCCCCCCCCCCCCCCCCCCCCCCCCCCCCCC/C=C\C/C=C\CCCCCCC)COP(=O)([O-])OCC[N+](C)(C)C. The van der Waals surface area contributed by atoms with E-state index in [9.17, 15) is 19.0 Å². The monoisotopic (exact) mass is 1190 g/mol. The predicted octanol–water partition coefficient (Wildman–Crippen LogP) is 22.1. The van der Waals surface area contributed by atoms with E-state index in [-0.39, 0.29) is 26.1 Å². The second-order valence-electron chi connectivity index (χ2n) is 24.5. The molecule has 0 aromatic carbocycles. The van der Waals surface area contributed by atoms with Crippen molar-refractivity contribution in [1.29, 1.82) is 0 Å². The van der Waals surface area contributed by atoms with Gasteiger partial charge < -0.3 is 27.9 Å². The van der Waals surface area contributed by atoms with Crippen LogP contribution in [0.25, 0.3) is 0 Å². The van der Waals surface area contributed by atoms with Crippen LogP contribution in [-0.4, -0.2) is 70.0 Å². The quantitative estimate of drug-likeness (QED) is 0.0195. The van der Waals surface area contributed by atoms with Gasteiger partial charge in [0.15, 0.2) is 6.10 Å². The number of ether oxygens (including phenoxy) is 2. The molecule has 0 saturated heterocycles. The van der Waals surface area contributed by atoms with Crippen molar-refractivity contribution >= 4 is 19.8 Å². The van der Waals surface area contributed by atoms with Crippen LogP contribution in [0.5, 0.6) is 0 Å². The third kappa shape index (κ3) is 68.0. The fourth-order valence-corrected chi connectivity index (χ4v) is 10.5. The van der Waals surface area contributed by atoms with Gasteiger partial charge in [-0.1, -0.05) is 310 Å². The van der Waals surface area contributed by atoms with Crippen LogP contribution in [0, 0.1) is 0 Å². The Balaban J connectivity index is 3.94. The fraction of sp³-hybridized carbons (Fsp3) is 0.757. The molecule has 0 aromatic heterocycles. The lowest BCUT2D eigenvalue weighted by molar-refractivity contribution is -0.870. The van der Waals surface area contributed by atoms with Crippen molar-refractivity contribution in [1.82, 2.24) is 0 Å². The number of phosphoric acid groups is 1. The summed E-state index contributed by atoms with van der Waals surface area (Å²) < 4.78 is 34.1. The maximum absolute atomic E-state index is 12.8. The van der Waals surface area contributed by atoms with Crippen molar-refractivity contribution in [3.63, 3.8) is 0 Å². The van der Waals surface area contributed by atoms with E-state index in [0.717, 1.165) is 64.2 Å². The first-order valence-corrected chi connectivity index (χ1v) is 36.4. The summed E-state index contributed by atoms with van der Waals surface area (Å²) in [6, 6.07) is 0. The Labute approximate surface area is 519 Å². The highest BCUT2D eigenvalue weighted by molar-refractivity contribution is 7.45. The van der Waals surface area contributed by atoms with E-state index in [1.807, 2.05) is 33.3 Å². The van der Waals surface area contributed by atoms with Gasteiger partial charge in [-0.25, -0.2) is 0 Å². The lowest BCUT2D eigenvalue weighted by Gasteiger charge is -2.28. The number of unbranched alkanes of at least 4 members (excludes halogenated alkanes) is 34. The number of allylic oxidation sites excluding steroid dienone is 16. The van der Waals surface area contributed by atoms with Gasteiger partial charge in [0.1, 0.15) is 19.8 Å². The topological polar surface area (TPSA) is 111 Å². The van der Waals surface area contributed by atoms with Gasteiger partial charge >= 0.3 is 11.9 Å². The van der Waals surface area contributed by atoms with Crippen molar-refractivity contribution in [3.8, 4) is 0 Å². The smallest absolute Gasteiger partial charge is 0.306 e. The normalized spacial score (nSPS) is 13.7. The Kier molecular flexibility index (Phi) is 62.1. The number of likely N-dealkylation sites (N-methyl/N-ethyl adjacent to an activating group) is 1. The van der Waals surface area contributed by atoms with Crippen LogP contribution in [-0.2, 0) is 32.7 Å². The van der Waals surface area contributed by atoms with Gasteiger partial charge in [-0.3, -0.25) is 14.2 Å². The first kappa shape index (κ1) is 80.9. The molecule has 9 nitrogen and oxygen atoms in total. The molecule has 0 bridgehead atoms. The number of nitrogens with zero attached hydrogens (tertiary/aromatic N) is 1.